The van der Waals surface area contributed by atoms with Crippen molar-refractivity contribution in [1.82, 2.24) is 4.72 Å². The fourth-order valence-electron chi connectivity index (χ4n) is 1.93. The molecule has 0 aliphatic carbocycles. The Balaban J connectivity index is 2.07. The summed E-state index contributed by atoms with van der Waals surface area (Å²) in [6.45, 7) is 3.70. The lowest BCUT2D eigenvalue weighted by molar-refractivity contribution is 0.459. The van der Waals surface area contributed by atoms with E-state index in [0.29, 0.717) is 5.76 Å². The van der Waals surface area contributed by atoms with Crippen LogP contribution in [0, 0.1) is 6.92 Å². The van der Waals surface area contributed by atoms with Gasteiger partial charge in [-0.25, -0.2) is 13.1 Å². The van der Waals surface area contributed by atoms with Gasteiger partial charge in [-0.15, -0.1) is 0 Å². The summed E-state index contributed by atoms with van der Waals surface area (Å²) in [5, 5.41) is 0. The van der Waals surface area contributed by atoms with Crippen molar-refractivity contribution < 1.29 is 12.8 Å². The van der Waals surface area contributed by atoms with E-state index in [-0.39, 0.29) is 11.8 Å². The molecule has 0 spiro atoms. The minimum atomic E-state index is -3.39. The van der Waals surface area contributed by atoms with Crippen molar-refractivity contribution in [2.45, 2.75) is 25.6 Å². The highest BCUT2D eigenvalue weighted by Gasteiger charge is 2.18. The van der Waals surface area contributed by atoms with E-state index in [1.54, 1.807) is 19.1 Å². The standard InChI is InChI=1S/C14H17NO3S/c1-11-5-3-6-13(9-11)10-19(16,17)15-12(2)14-7-4-8-18-14/h3-9,12,15H,10H2,1-2H3. The van der Waals surface area contributed by atoms with Crippen molar-refractivity contribution in [2.24, 2.45) is 0 Å². The average Bonchev–Trinajstić information content (AvgIpc) is 2.80. The molecule has 5 heteroatoms. The fourth-order valence-corrected chi connectivity index (χ4v) is 3.28. The van der Waals surface area contributed by atoms with Gasteiger partial charge in [-0.1, -0.05) is 29.8 Å². The van der Waals surface area contributed by atoms with E-state index in [9.17, 15) is 8.42 Å². The summed E-state index contributed by atoms with van der Waals surface area (Å²) in [7, 11) is -3.39. The van der Waals surface area contributed by atoms with Gasteiger partial charge in [0.2, 0.25) is 10.0 Å². The smallest absolute Gasteiger partial charge is 0.216 e. The van der Waals surface area contributed by atoms with Crippen LogP contribution >= 0.6 is 0 Å². The first kappa shape index (κ1) is 13.8. The summed E-state index contributed by atoms with van der Waals surface area (Å²) in [6.07, 6.45) is 1.53. The summed E-state index contributed by atoms with van der Waals surface area (Å²) in [5.74, 6) is 0.576. The summed E-state index contributed by atoms with van der Waals surface area (Å²) >= 11 is 0. The van der Waals surface area contributed by atoms with Crippen LogP contribution in [0.1, 0.15) is 29.9 Å². The molecule has 1 atom stereocenters. The molecule has 1 aromatic heterocycles. The van der Waals surface area contributed by atoms with Crippen LogP contribution in [-0.2, 0) is 15.8 Å². The van der Waals surface area contributed by atoms with Crippen LogP contribution in [0.15, 0.2) is 47.1 Å². The second kappa shape index (κ2) is 5.59. The van der Waals surface area contributed by atoms with E-state index < -0.39 is 10.0 Å². The fraction of sp³-hybridized carbons (Fsp3) is 0.286. The third kappa shape index (κ3) is 3.94. The third-order valence-corrected chi connectivity index (χ3v) is 4.19. The van der Waals surface area contributed by atoms with E-state index >= 15 is 0 Å². The number of furan rings is 1. The number of hydrogen-bond donors (Lipinski definition) is 1. The van der Waals surface area contributed by atoms with Gasteiger partial charge in [0.15, 0.2) is 0 Å². The van der Waals surface area contributed by atoms with E-state index in [1.165, 1.54) is 6.26 Å². The van der Waals surface area contributed by atoms with E-state index in [1.807, 2.05) is 31.2 Å². The third-order valence-electron chi connectivity index (χ3n) is 2.77. The summed E-state index contributed by atoms with van der Waals surface area (Å²) in [5.41, 5.74) is 1.82. The second-order valence-corrected chi connectivity index (χ2v) is 6.36. The normalized spacial score (nSPS) is 13.4. The zero-order valence-electron chi connectivity index (χ0n) is 11.0. The Hall–Kier alpha value is -1.59. The minimum absolute atomic E-state index is 0.0280. The maximum atomic E-state index is 12.1. The SMILES string of the molecule is Cc1cccc(CS(=O)(=O)NC(C)c2ccco2)c1. The van der Waals surface area contributed by atoms with Crippen molar-refractivity contribution >= 4 is 10.0 Å². The lowest BCUT2D eigenvalue weighted by Gasteiger charge is -2.12. The summed E-state index contributed by atoms with van der Waals surface area (Å²) < 4.78 is 31.9. The monoisotopic (exact) mass is 279 g/mol. The lowest BCUT2D eigenvalue weighted by atomic mass is 10.2. The molecule has 1 unspecified atom stereocenters. The number of hydrogen-bond acceptors (Lipinski definition) is 3. The van der Waals surface area contributed by atoms with Crippen LogP contribution < -0.4 is 4.72 Å². The van der Waals surface area contributed by atoms with Gasteiger partial charge in [0.05, 0.1) is 18.1 Å². The van der Waals surface area contributed by atoms with E-state index in [2.05, 4.69) is 4.72 Å². The van der Waals surface area contributed by atoms with Crippen LogP contribution in [0.3, 0.4) is 0 Å². The molecule has 1 aromatic carbocycles. The molecule has 1 heterocycles. The summed E-state index contributed by atoms with van der Waals surface area (Å²) in [6, 6.07) is 10.6. The molecule has 0 aliphatic rings. The topological polar surface area (TPSA) is 59.3 Å². The number of rotatable bonds is 5. The quantitative estimate of drug-likeness (QED) is 0.915. The Morgan fingerprint density at radius 1 is 1.26 bits per heavy atom. The summed E-state index contributed by atoms with van der Waals surface area (Å²) in [4.78, 5) is 0. The number of sulfonamides is 1. The molecule has 0 amide bonds. The van der Waals surface area contributed by atoms with Crippen molar-refractivity contribution in [3.05, 3.63) is 59.5 Å². The van der Waals surface area contributed by atoms with Crippen LogP contribution in [0.4, 0.5) is 0 Å². The highest BCUT2D eigenvalue weighted by atomic mass is 32.2. The van der Waals surface area contributed by atoms with Crippen molar-refractivity contribution in [3.8, 4) is 0 Å². The Labute approximate surface area is 113 Å². The van der Waals surface area contributed by atoms with Crippen molar-refractivity contribution in [1.29, 1.82) is 0 Å². The van der Waals surface area contributed by atoms with Gasteiger partial charge >= 0.3 is 0 Å². The predicted molar refractivity (Wildman–Crippen MR) is 74.1 cm³/mol. The Morgan fingerprint density at radius 2 is 2.05 bits per heavy atom. The van der Waals surface area contributed by atoms with Crippen LogP contribution in [0.25, 0.3) is 0 Å². The van der Waals surface area contributed by atoms with E-state index in [0.717, 1.165) is 11.1 Å². The highest BCUT2D eigenvalue weighted by Crippen LogP contribution is 2.15. The molecule has 2 rings (SSSR count). The molecule has 19 heavy (non-hydrogen) atoms. The van der Waals surface area contributed by atoms with Crippen LogP contribution in [0.5, 0.6) is 0 Å². The van der Waals surface area contributed by atoms with Gasteiger partial charge < -0.3 is 4.42 Å². The zero-order valence-corrected chi connectivity index (χ0v) is 11.8. The van der Waals surface area contributed by atoms with Gasteiger partial charge in [0.1, 0.15) is 5.76 Å². The molecule has 2 aromatic rings. The van der Waals surface area contributed by atoms with Gasteiger partial charge in [-0.2, -0.15) is 0 Å². The molecular weight excluding hydrogens is 262 g/mol. The molecule has 4 nitrogen and oxygen atoms in total. The van der Waals surface area contributed by atoms with Crippen LogP contribution in [-0.4, -0.2) is 8.42 Å². The molecule has 1 N–H and O–H groups in total. The van der Waals surface area contributed by atoms with Gasteiger partial charge in [0.25, 0.3) is 0 Å². The molecule has 0 radical (unpaired) electrons. The van der Waals surface area contributed by atoms with Gasteiger partial charge in [-0.3, -0.25) is 0 Å². The average molecular weight is 279 g/mol. The molecule has 0 fully saturated rings. The van der Waals surface area contributed by atoms with Crippen molar-refractivity contribution in [2.75, 3.05) is 0 Å². The number of benzene rings is 1. The van der Waals surface area contributed by atoms with Crippen molar-refractivity contribution in [3.63, 3.8) is 0 Å². The molecule has 0 aliphatic heterocycles. The largest absolute Gasteiger partial charge is 0.468 e. The Bertz CT molecular complexity index is 632. The minimum Gasteiger partial charge on any atom is -0.468 e. The Morgan fingerprint density at radius 3 is 2.68 bits per heavy atom. The number of nitrogens with one attached hydrogen (secondary N) is 1. The molecular formula is C14H17NO3S. The first-order valence-corrected chi connectivity index (χ1v) is 7.70. The first-order chi connectivity index (χ1) is 8.96. The number of aryl methyl sites for hydroxylation is 1. The maximum absolute atomic E-state index is 12.1. The molecule has 0 bridgehead atoms. The van der Waals surface area contributed by atoms with Gasteiger partial charge in [-0.05, 0) is 31.5 Å². The lowest BCUT2D eigenvalue weighted by Crippen LogP contribution is -2.27. The molecule has 0 saturated carbocycles. The van der Waals surface area contributed by atoms with E-state index in [4.69, 9.17) is 4.42 Å². The van der Waals surface area contributed by atoms with Gasteiger partial charge in [0, 0.05) is 0 Å². The first-order valence-electron chi connectivity index (χ1n) is 6.05. The molecule has 0 saturated heterocycles. The molecule has 102 valence electrons. The van der Waals surface area contributed by atoms with Crippen LogP contribution in [0.2, 0.25) is 0 Å². The zero-order chi connectivity index (χ0) is 13.9. The predicted octanol–water partition coefficient (Wildman–Crippen LogP) is 2.77. The highest BCUT2D eigenvalue weighted by molar-refractivity contribution is 7.88. The Kier molecular flexibility index (Phi) is 4.07. The maximum Gasteiger partial charge on any atom is 0.216 e. The second-order valence-electron chi connectivity index (χ2n) is 4.60.